The molecule has 0 radical (unpaired) electrons. The molecule has 0 aliphatic carbocycles. The van der Waals surface area contributed by atoms with Gasteiger partial charge in [-0.05, 0) is 42.7 Å². The summed E-state index contributed by atoms with van der Waals surface area (Å²) in [4.78, 5) is 21.4. The molecule has 1 aliphatic heterocycles. The van der Waals surface area contributed by atoms with Gasteiger partial charge in [-0.25, -0.2) is 9.97 Å². The number of anilines is 2. The fraction of sp³-hybridized carbons (Fsp3) is 0.250. The predicted molar refractivity (Wildman–Crippen MR) is 123 cm³/mol. The van der Waals surface area contributed by atoms with Crippen LogP contribution in [0.1, 0.15) is 24.0 Å². The lowest BCUT2D eigenvalue weighted by Crippen LogP contribution is -2.28. The summed E-state index contributed by atoms with van der Waals surface area (Å²) in [5.74, 6) is 0.303. The zero-order valence-corrected chi connectivity index (χ0v) is 18.1. The number of rotatable bonds is 6. The molecular weight excluding hydrogens is 426 g/mol. The number of carbonyl (C=O) groups is 1. The maximum atomic E-state index is 12.5. The number of hydrogen-bond acceptors (Lipinski definition) is 6. The second kappa shape index (κ2) is 10.2. The Hall–Kier alpha value is -3.47. The van der Waals surface area contributed by atoms with Crippen LogP contribution in [-0.2, 0) is 16.0 Å². The molecule has 2 aromatic carbocycles. The van der Waals surface area contributed by atoms with Crippen molar-refractivity contribution in [1.29, 1.82) is 5.26 Å². The number of nitrogens with one attached hydrogen (secondary N) is 2. The molecular formula is C24H22ClN5O2. The van der Waals surface area contributed by atoms with Gasteiger partial charge in [0, 0.05) is 36.0 Å². The number of halogens is 1. The van der Waals surface area contributed by atoms with Gasteiger partial charge in [0.2, 0.25) is 11.9 Å². The summed E-state index contributed by atoms with van der Waals surface area (Å²) in [5, 5.41) is 16.3. The van der Waals surface area contributed by atoms with E-state index in [9.17, 15) is 10.1 Å². The Labute approximate surface area is 191 Å². The minimum absolute atomic E-state index is 0.124. The summed E-state index contributed by atoms with van der Waals surface area (Å²) >= 11 is 6.14. The van der Waals surface area contributed by atoms with Gasteiger partial charge < -0.3 is 15.4 Å². The van der Waals surface area contributed by atoms with Crippen LogP contribution in [0.2, 0.25) is 5.02 Å². The summed E-state index contributed by atoms with van der Waals surface area (Å²) in [5.41, 5.74) is 2.99. The summed E-state index contributed by atoms with van der Waals surface area (Å²) in [6.45, 7) is 1.46. The van der Waals surface area contributed by atoms with Crippen LogP contribution in [0, 0.1) is 11.3 Å². The first-order valence-corrected chi connectivity index (χ1v) is 10.8. The summed E-state index contributed by atoms with van der Waals surface area (Å²) in [7, 11) is 0. The van der Waals surface area contributed by atoms with E-state index in [0.717, 1.165) is 37.2 Å². The summed E-state index contributed by atoms with van der Waals surface area (Å²) < 4.78 is 5.39. The zero-order chi connectivity index (χ0) is 22.3. The van der Waals surface area contributed by atoms with Crippen molar-refractivity contribution in [3.8, 4) is 17.3 Å². The average Bonchev–Trinajstić information content (AvgIpc) is 2.81. The van der Waals surface area contributed by atoms with Crippen LogP contribution < -0.4 is 10.6 Å². The highest BCUT2D eigenvalue weighted by molar-refractivity contribution is 6.31. The molecule has 0 unspecified atom stereocenters. The van der Waals surface area contributed by atoms with Gasteiger partial charge in [-0.1, -0.05) is 35.9 Å². The Bertz CT molecular complexity index is 1160. The number of hydrogen-bond donors (Lipinski definition) is 2. The van der Waals surface area contributed by atoms with E-state index in [0.29, 0.717) is 27.9 Å². The van der Waals surface area contributed by atoms with Crippen molar-refractivity contribution < 1.29 is 9.53 Å². The van der Waals surface area contributed by atoms with Crippen molar-refractivity contribution in [3.63, 3.8) is 0 Å². The average molecular weight is 448 g/mol. The molecule has 32 heavy (non-hydrogen) atoms. The molecule has 0 saturated carbocycles. The minimum Gasteiger partial charge on any atom is -0.381 e. The standard InChI is InChI=1S/C24H22ClN5O2/c25-20-4-2-1-3-16(20)14-23(31)29-21-6-5-17(13-18(21)15-26)22-7-10-27-24(30-22)28-19-8-11-32-12-9-19/h1-7,10,13,19H,8-9,11-12,14H2,(H,29,31)(H,27,28,30). The second-order valence-corrected chi connectivity index (χ2v) is 7.89. The van der Waals surface area contributed by atoms with E-state index in [4.69, 9.17) is 16.3 Å². The molecule has 7 nitrogen and oxygen atoms in total. The predicted octanol–water partition coefficient (Wildman–Crippen LogP) is 4.44. The molecule has 1 aliphatic rings. The third kappa shape index (κ3) is 5.41. The lowest BCUT2D eigenvalue weighted by Gasteiger charge is -2.23. The van der Waals surface area contributed by atoms with E-state index in [-0.39, 0.29) is 18.4 Å². The third-order valence-corrected chi connectivity index (χ3v) is 5.60. The van der Waals surface area contributed by atoms with E-state index >= 15 is 0 Å². The highest BCUT2D eigenvalue weighted by Crippen LogP contribution is 2.25. The van der Waals surface area contributed by atoms with Crippen LogP contribution in [0.25, 0.3) is 11.3 Å². The summed E-state index contributed by atoms with van der Waals surface area (Å²) in [6, 6.07) is 16.7. The molecule has 8 heteroatoms. The molecule has 0 bridgehead atoms. The third-order valence-electron chi connectivity index (χ3n) is 5.23. The van der Waals surface area contributed by atoms with Gasteiger partial charge in [0.1, 0.15) is 6.07 Å². The molecule has 2 heterocycles. The normalized spacial score (nSPS) is 13.9. The van der Waals surface area contributed by atoms with E-state index in [1.54, 1.807) is 36.5 Å². The number of nitriles is 1. The van der Waals surface area contributed by atoms with Crippen LogP contribution in [0.3, 0.4) is 0 Å². The van der Waals surface area contributed by atoms with Crippen molar-refractivity contribution >= 4 is 29.1 Å². The maximum Gasteiger partial charge on any atom is 0.228 e. The number of ether oxygens (including phenoxy) is 1. The Morgan fingerprint density at radius 1 is 1.19 bits per heavy atom. The van der Waals surface area contributed by atoms with Gasteiger partial charge in [0.25, 0.3) is 0 Å². The largest absolute Gasteiger partial charge is 0.381 e. The molecule has 4 rings (SSSR count). The van der Waals surface area contributed by atoms with Gasteiger partial charge in [0.05, 0.1) is 23.4 Å². The van der Waals surface area contributed by atoms with Crippen LogP contribution in [0.15, 0.2) is 54.7 Å². The monoisotopic (exact) mass is 447 g/mol. The number of carbonyl (C=O) groups excluding carboxylic acids is 1. The van der Waals surface area contributed by atoms with E-state index in [2.05, 4.69) is 26.7 Å². The number of amides is 1. The molecule has 3 aromatic rings. The summed E-state index contributed by atoms with van der Waals surface area (Å²) in [6.07, 6.45) is 3.64. The number of nitrogens with zero attached hydrogens (tertiary/aromatic N) is 3. The van der Waals surface area contributed by atoms with E-state index in [1.807, 2.05) is 18.2 Å². The lowest BCUT2D eigenvalue weighted by molar-refractivity contribution is -0.115. The minimum atomic E-state index is -0.243. The zero-order valence-electron chi connectivity index (χ0n) is 17.3. The SMILES string of the molecule is N#Cc1cc(-c2ccnc(NC3CCOCC3)n2)ccc1NC(=O)Cc1ccccc1Cl. The fourth-order valence-corrected chi connectivity index (χ4v) is 3.73. The molecule has 1 saturated heterocycles. The van der Waals surface area contributed by atoms with Crippen molar-refractivity contribution in [3.05, 3.63) is 70.9 Å². The maximum absolute atomic E-state index is 12.5. The number of benzene rings is 2. The van der Waals surface area contributed by atoms with Gasteiger partial charge in [-0.2, -0.15) is 5.26 Å². The second-order valence-electron chi connectivity index (χ2n) is 7.49. The van der Waals surface area contributed by atoms with Crippen molar-refractivity contribution in [2.75, 3.05) is 23.8 Å². The smallest absolute Gasteiger partial charge is 0.228 e. The number of aromatic nitrogens is 2. The van der Waals surface area contributed by atoms with Gasteiger partial charge in [-0.3, -0.25) is 4.79 Å². The highest BCUT2D eigenvalue weighted by Gasteiger charge is 2.15. The van der Waals surface area contributed by atoms with Crippen molar-refractivity contribution in [2.24, 2.45) is 0 Å². The van der Waals surface area contributed by atoms with Gasteiger partial charge in [0.15, 0.2) is 0 Å². The van der Waals surface area contributed by atoms with Crippen molar-refractivity contribution in [1.82, 2.24) is 9.97 Å². The molecule has 1 amide bonds. The fourth-order valence-electron chi connectivity index (χ4n) is 3.53. The van der Waals surface area contributed by atoms with Crippen LogP contribution in [0.4, 0.5) is 11.6 Å². The van der Waals surface area contributed by atoms with Crippen LogP contribution >= 0.6 is 11.6 Å². The van der Waals surface area contributed by atoms with Crippen LogP contribution in [-0.4, -0.2) is 35.1 Å². The van der Waals surface area contributed by atoms with Crippen LogP contribution in [0.5, 0.6) is 0 Å². The lowest BCUT2D eigenvalue weighted by atomic mass is 10.1. The molecule has 0 spiro atoms. The molecule has 1 aromatic heterocycles. The topological polar surface area (TPSA) is 99.9 Å². The van der Waals surface area contributed by atoms with Gasteiger partial charge >= 0.3 is 0 Å². The Balaban J connectivity index is 1.48. The van der Waals surface area contributed by atoms with Gasteiger partial charge in [-0.15, -0.1) is 0 Å². The Morgan fingerprint density at radius 3 is 2.78 bits per heavy atom. The first-order chi connectivity index (χ1) is 15.6. The van der Waals surface area contributed by atoms with E-state index < -0.39 is 0 Å². The Morgan fingerprint density at radius 2 is 2.00 bits per heavy atom. The quantitative estimate of drug-likeness (QED) is 0.579. The first-order valence-electron chi connectivity index (χ1n) is 10.4. The molecule has 1 fully saturated rings. The highest BCUT2D eigenvalue weighted by atomic mass is 35.5. The molecule has 2 N–H and O–H groups in total. The Kier molecular flexibility index (Phi) is 6.95. The molecule has 0 atom stereocenters. The van der Waals surface area contributed by atoms with E-state index in [1.165, 1.54) is 0 Å². The first kappa shape index (κ1) is 21.8. The van der Waals surface area contributed by atoms with Crippen molar-refractivity contribution in [2.45, 2.75) is 25.3 Å². The molecule has 162 valence electrons.